The molecule has 158 valence electrons. The SMILES string of the molecule is Cc1ccc(C2=C(N3CCCC(CO)C3)C(=O)N(CCOC(C)C)C2=O)c(C)c1. The van der Waals surface area contributed by atoms with Crippen LogP contribution in [0.2, 0.25) is 0 Å². The van der Waals surface area contributed by atoms with E-state index < -0.39 is 0 Å². The predicted molar refractivity (Wildman–Crippen MR) is 112 cm³/mol. The number of hydrogen-bond acceptors (Lipinski definition) is 5. The molecular formula is C23H32N2O4. The first-order valence-corrected chi connectivity index (χ1v) is 10.5. The first-order valence-electron chi connectivity index (χ1n) is 10.5. The number of carbonyl (C=O) groups is 2. The van der Waals surface area contributed by atoms with Crippen molar-refractivity contribution in [2.45, 2.75) is 46.6 Å². The maximum absolute atomic E-state index is 13.3. The van der Waals surface area contributed by atoms with Crippen molar-refractivity contribution in [3.63, 3.8) is 0 Å². The minimum atomic E-state index is -0.254. The molecule has 0 aliphatic carbocycles. The van der Waals surface area contributed by atoms with Crippen molar-refractivity contribution < 1.29 is 19.4 Å². The highest BCUT2D eigenvalue weighted by atomic mass is 16.5. The number of benzene rings is 1. The van der Waals surface area contributed by atoms with Gasteiger partial charge in [-0.1, -0.05) is 23.8 Å². The first-order chi connectivity index (χ1) is 13.8. The van der Waals surface area contributed by atoms with Crippen molar-refractivity contribution in [3.05, 3.63) is 40.6 Å². The molecule has 6 heteroatoms. The van der Waals surface area contributed by atoms with Crippen molar-refractivity contribution >= 4 is 17.4 Å². The second kappa shape index (κ2) is 9.09. The number of hydrogen-bond donors (Lipinski definition) is 1. The molecule has 1 atom stereocenters. The molecule has 6 nitrogen and oxygen atoms in total. The second-order valence-electron chi connectivity index (χ2n) is 8.36. The number of aliphatic hydroxyl groups is 1. The largest absolute Gasteiger partial charge is 0.396 e. The summed E-state index contributed by atoms with van der Waals surface area (Å²) in [6.45, 7) is 9.82. The number of amides is 2. The molecule has 0 saturated carbocycles. The Kier molecular flexibility index (Phi) is 6.75. The molecule has 1 aromatic carbocycles. The van der Waals surface area contributed by atoms with Crippen LogP contribution >= 0.6 is 0 Å². The van der Waals surface area contributed by atoms with Crippen LogP contribution in [-0.2, 0) is 14.3 Å². The molecule has 3 rings (SSSR count). The fourth-order valence-electron chi connectivity index (χ4n) is 4.19. The zero-order valence-electron chi connectivity index (χ0n) is 17.9. The third-order valence-electron chi connectivity index (χ3n) is 5.65. The fraction of sp³-hybridized carbons (Fsp3) is 0.565. The molecule has 2 aliphatic rings. The molecule has 0 radical (unpaired) electrons. The van der Waals surface area contributed by atoms with Gasteiger partial charge in [-0.15, -0.1) is 0 Å². The zero-order valence-corrected chi connectivity index (χ0v) is 17.9. The number of carbonyl (C=O) groups excluding carboxylic acids is 2. The van der Waals surface area contributed by atoms with Crippen LogP contribution in [0.5, 0.6) is 0 Å². The molecule has 1 unspecified atom stereocenters. The van der Waals surface area contributed by atoms with E-state index in [1.54, 1.807) is 0 Å². The van der Waals surface area contributed by atoms with Gasteiger partial charge in [-0.05, 0) is 57.6 Å². The molecule has 0 bridgehead atoms. The van der Waals surface area contributed by atoms with Crippen LogP contribution in [0.3, 0.4) is 0 Å². The molecule has 1 N–H and O–H groups in total. The third-order valence-corrected chi connectivity index (χ3v) is 5.65. The Morgan fingerprint density at radius 3 is 2.62 bits per heavy atom. The Hall–Kier alpha value is -2.18. The lowest BCUT2D eigenvalue weighted by molar-refractivity contribution is -0.138. The van der Waals surface area contributed by atoms with E-state index >= 15 is 0 Å². The van der Waals surface area contributed by atoms with E-state index in [0.29, 0.717) is 24.4 Å². The normalized spacial score (nSPS) is 20.4. The van der Waals surface area contributed by atoms with E-state index in [2.05, 4.69) is 0 Å². The molecule has 0 spiro atoms. The molecule has 1 fully saturated rings. The Labute approximate surface area is 173 Å². The highest BCUT2D eigenvalue weighted by Crippen LogP contribution is 2.35. The van der Waals surface area contributed by atoms with Crippen molar-refractivity contribution in [3.8, 4) is 0 Å². The van der Waals surface area contributed by atoms with Crippen molar-refractivity contribution in [1.29, 1.82) is 0 Å². The van der Waals surface area contributed by atoms with E-state index in [0.717, 1.165) is 36.1 Å². The van der Waals surface area contributed by atoms with E-state index in [1.165, 1.54) is 4.90 Å². The summed E-state index contributed by atoms with van der Waals surface area (Å²) < 4.78 is 5.58. The summed E-state index contributed by atoms with van der Waals surface area (Å²) in [7, 11) is 0. The number of piperidine rings is 1. The quantitative estimate of drug-likeness (QED) is 0.712. The van der Waals surface area contributed by atoms with Crippen LogP contribution in [0.25, 0.3) is 5.57 Å². The lowest BCUT2D eigenvalue weighted by Gasteiger charge is -2.34. The summed E-state index contributed by atoms with van der Waals surface area (Å²) in [5, 5.41) is 9.63. The average molecular weight is 401 g/mol. The summed E-state index contributed by atoms with van der Waals surface area (Å²) in [4.78, 5) is 30.0. The first kappa shape index (κ1) is 21.5. The number of likely N-dealkylation sites (tertiary alicyclic amines) is 1. The number of nitrogens with zero attached hydrogens (tertiary/aromatic N) is 2. The Morgan fingerprint density at radius 1 is 1.21 bits per heavy atom. The molecule has 2 amide bonds. The summed E-state index contributed by atoms with van der Waals surface area (Å²) in [5.74, 6) is -0.385. The van der Waals surface area contributed by atoms with Crippen LogP contribution in [0.1, 0.15) is 43.4 Å². The van der Waals surface area contributed by atoms with Gasteiger partial charge in [-0.2, -0.15) is 0 Å². The summed E-state index contributed by atoms with van der Waals surface area (Å²) in [5.41, 5.74) is 3.86. The number of rotatable bonds is 7. The third kappa shape index (κ3) is 4.54. The Bertz CT molecular complexity index is 815. The minimum Gasteiger partial charge on any atom is -0.396 e. The molecule has 1 aromatic rings. The van der Waals surface area contributed by atoms with Gasteiger partial charge in [0.1, 0.15) is 5.70 Å². The van der Waals surface area contributed by atoms with Crippen LogP contribution in [0.4, 0.5) is 0 Å². The standard InChI is InChI=1S/C23H32N2O4/c1-15(2)29-11-10-25-22(27)20(19-8-7-16(3)12-17(19)4)21(23(25)28)24-9-5-6-18(13-24)14-26/h7-8,12,15,18,26H,5-6,9-11,13-14H2,1-4H3. The van der Waals surface area contributed by atoms with Crippen LogP contribution in [-0.4, -0.2) is 65.7 Å². The lowest BCUT2D eigenvalue weighted by Crippen LogP contribution is -2.41. The van der Waals surface area contributed by atoms with Crippen molar-refractivity contribution in [1.82, 2.24) is 9.80 Å². The van der Waals surface area contributed by atoms with Gasteiger partial charge in [0.05, 0.1) is 24.8 Å². The van der Waals surface area contributed by atoms with Crippen molar-refractivity contribution in [2.75, 3.05) is 32.8 Å². The van der Waals surface area contributed by atoms with Gasteiger partial charge < -0.3 is 14.7 Å². The van der Waals surface area contributed by atoms with Gasteiger partial charge in [0.15, 0.2) is 0 Å². The number of aliphatic hydroxyl groups excluding tert-OH is 1. The Morgan fingerprint density at radius 2 is 1.97 bits per heavy atom. The monoisotopic (exact) mass is 400 g/mol. The number of imide groups is 1. The second-order valence-corrected chi connectivity index (χ2v) is 8.36. The summed E-state index contributed by atoms with van der Waals surface area (Å²) >= 11 is 0. The maximum atomic E-state index is 13.3. The van der Waals surface area contributed by atoms with Gasteiger partial charge in [0, 0.05) is 19.7 Å². The van der Waals surface area contributed by atoms with E-state index in [9.17, 15) is 14.7 Å². The molecular weight excluding hydrogens is 368 g/mol. The van der Waals surface area contributed by atoms with Crippen LogP contribution in [0, 0.1) is 19.8 Å². The van der Waals surface area contributed by atoms with Gasteiger partial charge in [-0.25, -0.2) is 0 Å². The molecule has 29 heavy (non-hydrogen) atoms. The van der Waals surface area contributed by atoms with Gasteiger partial charge in [-0.3, -0.25) is 14.5 Å². The van der Waals surface area contributed by atoms with Gasteiger partial charge >= 0.3 is 0 Å². The highest BCUT2D eigenvalue weighted by molar-refractivity contribution is 6.35. The minimum absolute atomic E-state index is 0.0430. The molecule has 1 saturated heterocycles. The predicted octanol–water partition coefficient (Wildman–Crippen LogP) is 2.51. The number of ether oxygens (including phenoxy) is 1. The zero-order chi connectivity index (χ0) is 21.1. The smallest absolute Gasteiger partial charge is 0.277 e. The van der Waals surface area contributed by atoms with E-state index in [-0.39, 0.29) is 37.0 Å². The fourth-order valence-corrected chi connectivity index (χ4v) is 4.19. The molecule has 2 heterocycles. The van der Waals surface area contributed by atoms with Gasteiger partial charge in [0.25, 0.3) is 11.8 Å². The highest BCUT2D eigenvalue weighted by Gasteiger charge is 2.42. The van der Waals surface area contributed by atoms with E-state index in [4.69, 9.17) is 4.74 Å². The van der Waals surface area contributed by atoms with Crippen LogP contribution in [0.15, 0.2) is 23.9 Å². The number of aryl methyl sites for hydroxylation is 2. The summed E-state index contributed by atoms with van der Waals surface area (Å²) in [6.07, 6.45) is 1.88. The molecule has 2 aliphatic heterocycles. The average Bonchev–Trinajstić information content (AvgIpc) is 2.92. The molecule has 0 aromatic heterocycles. The maximum Gasteiger partial charge on any atom is 0.277 e. The lowest BCUT2D eigenvalue weighted by atomic mass is 9.95. The van der Waals surface area contributed by atoms with Crippen molar-refractivity contribution in [2.24, 2.45) is 5.92 Å². The Balaban J connectivity index is 1.99. The van der Waals surface area contributed by atoms with E-state index in [1.807, 2.05) is 50.8 Å². The van der Waals surface area contributed by atoms with Crippen LogP contribution < -0.4 is 0 Å². The topological polar surface area (TPSA) is 70.1 Å². The van der Waals surface area contributed by atoms with Gasteiger partial charge in [0.2, 0.25) is 0 Å². The summed E-state index contributed by atoms with van der Waals surface area (Å²) in [6, 6.07) is 5.95.